The Hall–Kier alpha value is -1.32. The smallest absolute Gasteiger partial charge is 0.0606 e. The fourth-order valence-electron chi connectivity index (χ4n) is 1.51. The molecular weight excluding hydrogens is 202 g/mol. The van der Waals surface area contributed by atoms with E-state index < -0.39 is 0 Å². The van der Waals surface area contributed by atoms with E-state index in [-0.39, 0.29) is 13.2 Å². The number of rotatable bonds is 5. The molecule has 0 aromatic carbocycles. The average Bonchev–Trinajstić information content (AvgIpc) is 2.24. The molecule has 2 N–H and O–H groups in total. The molecule has 0 amide bonds. The molecule has 0 spiro atoms. The van der Waals surface area contributed by atoms with Gasteiger partial charge in [-0.3, -0.25) is 0 Å². The summed E-state index contributed by atoms with van der Waals surface area (Å²) in [5, 5.41) is 17.9. The molecule has 16 heavy (non-hydrogen) atoms. The highest BCUT2D eigenvalue weighted by molar-refractivity contribution is 5.34. The molecule has 88 valence electrons. The first-order chi connectivity index (χ1) is 7.77. The SMILES string of the molecule is CC1=C/C=C/C=C(N(CCO)CCO)/C=C\1. The van der Waals surface area contributed by atoms with Crippen LogP contribution >= 0.6 is 0 Å². The molecule has 0 aromatic heterocycles. The molecule has 1 aliphatic carbocycles. The van der Waals surface area contributed by atoms with Gasteiger partial charge >= 0.3 is 0 Å². The molecule has 0 saturated carbocycles. The van der Waals surface area contributed by atoms with Gasteiger partial charge in [0.25, 0.3) is 0 Å². The van der Waals surface area contributed by atoms with E-state index in [1.165, 1.54) is 5.57 Å². The number of hydrogen-bond acceptors (Lipinski definition) is 3. The van der Waals surface area contributed by atoms with Gasteiger partial charge in [0.15, 0.2) is 0 Å². The van der Waals surface area contributed by atoms with Gasteiger partial charge in [0.05, 0.1) is 13.2 Å². The van der Waals surface area contributed by atoms with E-state index in [0.717, 1.165) is 5.70 Å². The second-order valence-electron chi connectivity index (χ2n) is 3.65. The van der Waals surface area contributed by atoms with Crippen LogP contribution in [0.1, 0.15) is 6.92 Å². The lowest BCUT2D eigenvalue weighted by Gasteiger charge is -2.24. The number of aliphatic hydroxyl groups is 2. The van der Waals surface area contributed by atoms with Crippen LogP contribution in [0.5, 0.6) is 0 Å². The van der Waals surface area contributed by atoms with E-state index >= 15 is 0 Å². The topological polar surface area (TPSA) is 43.7 Å². The number of allylic oxidation sites excluding steroid dienone is 7. The molecule has 0 heterocycles. The van der Waals surface area contributed by atoms with Crippen molar-refractivity contribution >= 4 is 0 Å². The van der Waals surface area contributed by atoms with Gasteiger partial charge in [0.1, 0.15) is 0 Å². The van der Waals surface area contributed by atoms with E-state index in [1.54, 1.807) is 0 Å². The minimum absolute atomic E-state index is 0.0870. The van der Waals surface area contributed by atoms with Crippen molar-refractivity contribution in [2.75, 3.05) is 26.3 Å². The lowest BCUT2D eigenvalue weighted by molar-refractivity contribution is 0.192. The third-order valence-corrected chi connectivity index (χ3v) is 2.36. The van der Waals surface area contributed by atoms with Gasteiger partial charge in [-0.05, 0) is 19.1 Å². The molecule has 0 bridgehead atoms. The van der Waals surface area contributed by atoms with Crippen LogP contribution < -0.4 is 0 Å². The predicted octanol–water partition coefficient (Wildman–Crippen LogP) is 1.23. The van der Waals surface area contributed by atoms with Crippen molar-refractivity contribution in [2.24, 2.45) is 0 Å². The number of nitrogens with zero attached hydrogens (tertiary/aromatic N) is 1. The second kappa shape index (κ2) is 7.04. The first kappa shape index (κ1) is 12.7. The van der Waals surface area contributed by atoms with Crippen molar-refractivity contribution in [1.82, 2.24) is 4.90 Å². The van der Waals surface area contributed by atoms with Gasteiger partial charge in [-0.2, -0.15) is 0 Å². The summed E-state index contributed by atoms with van der Waals surface area (Å²) in [7, 11) is 0. The number of aliphatic hydroxyl groups excluding tert-OH is 2. The molecule has 0 aliphatic heterocycles. The van der Waals surface area contributed by atoms with Gasteiger partial charge in [-0.15, -0.1) is 0 Å². The van der Waals surface area contributed by atoms with Crippen LogP contribution in [0, 0.1) is 0 Å². The van der Waals surface area contributed by atoms with Gasteiger partial charge < -0.3 is 15.1 Å². The monoisotopic (exact) mass is 221 g/mol. The fourth-order valence-corrected chi connectivity index (χ4v) is 1.51. The lowest BCUT2D eigenvalue weighted by Crippen LogP contribution is -2.28. The Morgan fingerprint density at radius 3 is 2.25 bits per heavy atom. The Balaban J connectivity index is 2.79. The zero-order chi connectivity index (χ0) is 11.8. The van der Waals surface area contributed by atoms with E-state index in [0.29, 0.717) is 13.1 Å². The molecule has 0 atom stereocenters. The van der Waals surface area contributed by atoms with Crippen LogP contribution in [0.25, 0.3) is 0 Å². The highest BCUT2D eigenvalue weighted by atomic mass is 16.3. The molecular formula is C13H19NO2. The standard InChI is InChI=1S/C13H19NO2/c1-12-4-2-3-5-13(7-6-12)14(8-10-15)9-11-16/h2-7,15-16H,8-11H2,1H3/b3-2+,4-2?,5-3?,7-6-,12-4-,12-6?,13-5-,13-7?. The van der Waals surface area contributed by atoms with Crippen LogP contribution in [0.15, 0.2) is 47.7 Å². The Kier molecular flexibility index (Phi) is 5.61. The zero-order valence-electron chi connectivity index (χ0n) is 9.63. The zero-order valence-corrected chi connectivity index (χ0v) is 9.63. The van der Waals surface area contributed by atoms with E-state index in [4.69, 9.17) is 10.2 Å². The van der Waals surface area contributed by atoms with Gasteiger partial charge in [0.2, 0.25) is 0 Å². The highest BCUT2D eigenvalue weighted by Gasteiger charge is 2.05. The lowest BCUT2D eigenvalue weighted by atomic mass is 10.2. The maximum Gasteiger partial charge on any atom is 0.0606 e. The Morgan fingerprint density at radius 2 is 1.62 bits per heavy atom. The first-order valence-electron chi connectivity index (χ1n) is 5.48. The van der Waals surface area contributed by atoms with Crippen LogP contribution in [0.2, 0.25) is 0 Å². The van der Waals surface area contributed by atoms with Crippen LogP contribution in [-0.2, 0) is 0 Å². The third-order valence-electron chi connectivity index (χ3n) is 2.36. The van der Waals surface area contributed by atoms with Crippen molar-refractivity contribution in [3.8, 4) is 0 Å². The molecule has 0 radical (unpaired) electrons. The van der Waals surface area contributed by atoms with E-state index in [1.807, 2.05) is 48.3 Å². The quantitative estimate of drug-likeness (QED) is 0.734. The highest BCUT2D eigenvalue weighted by Crippen LogP contribution is 2.10. The van der Waals surface area contributed by atoms with Gasteiger partial charge in [0, 0.05) is 18.8 Å². The van der Waals surface area contributed by atoms with Gasteiger partial charge in [-0.1, -0.05) is 29.9 Å². The van der Waals surface area contributed by atoms with E-state index in [2.05, 4.69) is 0 Å². The summed E-state index contributed by atoms with van der Waals surface area (Å²) in [6.07, 6.45) is 12.0. The normalized spacial score (nSPS) is 25.7. The van der Waals surface area contributed by atoms with Crippen molar-refractivity contribution in [1.29, 1.82) is 0 Å². The maximum absolute atomic E-state index is 8.97. The largest absolute Gasteiger partial charge is 0.395 e. The maximum atomic E-state index is 8.97. The Labute approximate surface area is 96.7 Å². The molecule has 0 fully saturated rings. The molecule has 1 rings (SSSR count). The fraction of sp³-hybridized carbons (Fsp3) is 0.385. The van der Waals surface area contributed by atoms with Gasteiger partial charge in [-0.25, -0.2) is 0 Å². The number of hydrogen-bond donors (Lipinski definition) is 2. The minimum atomic E-state index is 0.0870. The predicted molar refractivity (Wildman–Crippen MR) is 65.9 cm³/mol. The Morgan fingerprint density at radius 1 is 1.00 bits per heavy atom. The minimum Gasteiger partial charge on any atom is -0.395 e. The van der Waals surface area contributed by atoms with Crippen LogP contribution in [-0.4, -0.2) is 41.4 Å². The van der Waals surface area contributed by atoms with Crippen molar-refractivity contribution in [3.05, 3.63) is 47.7 Å². The summed E-state index contributed by atoms with van der Waals surface area (Å²) in [4.78, 5) is 1.96. The molecule has 3 nitrogen and oxygen atoms in total. The van der Waals surface area contributed by atoms with Crippen LogP contribution in [0.3, 0.4) is 0 Å². The first-order valence-corrected chi connectivity index (χ1v) is 5.48. The molecule has 3 heteroatoms. The molecule has 0 aromatic rings. The summed E-state index contributed by atoms with van der Waals surface area (Å²) in [6.45, 7) is 3.28. The second-order valence-corrected chi connectivity index (χ2v) is 3.65. The summed E-state index contributed by atoms with van der Waals surface area (Å²) < 4.78 is 0. The van der Waals surface area contributed by atoms with Crippen molar-refractivity contribution in [2.45, 2.75) is 6.92 Å². The Bertz CT molecular complexity index is 321. The molecule has 0 saturated heterocycles. The summed E-state index contributed by atoms with van der Waals surface area (Å²) in [6, 6.07) is 0. The third kappa shape index (κ3) is 4.04. The van der Waals surface area contributed by atoms with Crippen molar-refractivity contribution < 1.29 is 10.2 Å². The summed E-state index contributed by atoms with van der Waals surface area (Å²) in [5.41, 5.74) is 2.18. The summed E-state index contributed by atoms with van der Waals surface area (Å²) in [5.74, 6) is 0. The van der Waals surface area contributed by atoms with Crippen molar-refractivity contribution in [3.63, 3.8) is 0 Å². The summed E-state index contributed by atoms with van der Waals surface area (Å²) >= 11 is 0. The van der Waals surface area contributed by atoms with E-state index in [9.17, 15) is 0 Å². The molecule has 1 aliphatic rings. The molecule has 0 unspecified atom stereocenters. The van der Waals surface area contributed by atoms with Crippen LogP contribution in [0.4, 0.5) is 0 Å². The average molecular weight is 221 g/mol.